The summed E-state index contributed by atoms with van der Waals surface area (Å²) in [4.78, 5) is 17.1. The lowest BCUT2D eigenvalue weighted by molar-refractivity contribution is -0.150. The first-order chi connectivity index (χ1) is 14.0. The number of carbonyl (C=O) groups excluding carboxylic acids is 1. The third kappa shape index (κ3) is 5.46. The third-order valence-electron chi connectivity index (χ3n) is 4.99. The second-order valence-corrected chi connectivity index (χ2v) is 9.94. The molecule has 3 rings (SSSR count). The fraction of sp³-hybridized carbons (Fsp3) is 0.364. The summed E-state index contributed by atoms with van der Waals surface area (Å²) in [7, 11) is -2.03. The zero-order valence-electron chi connectivity index (χ0n) is 17.5. The first-order valence-electron chi connectivity index (χ1n) is 9.67. The number of ether oxygens (including phenoxy) is 1. The number of carbonyl (C=O) groups is 1. The van der Waals surface area contributed by atoms with Crippen molar-refractivity contribution >= 4 is 21.8 Å². The van der Waals surface area contributed by atoms with Gasteiger partial charge in [-0.3, -0.25) is 9.10 Å². The van der Waals surface area contributed by atoms with Gasteiger partial charge in [0.25, 0.3) is 0 Å². The Morgan fingerprint density at radius 2 is 1.80 bits per heavy atom. The smallest absolute Gasteiger partial charge is 0.326 e. The Hall–Kier alpha value is -2.71. The van der Waals surface area contributed by atoms with Crippen LogP contribution in [0, 0.1) is 0 Å². The lowest BCUT2D eigenvalue weighted by Crippen LogP contribution is -2.48. The lowest BCUT2D eigenvalue weighted by atomic mass is 9.93. The van der Waals surface area contributed by atoms with Crippen molar-refractivity contribution in [1.29, 1.82) is 0 Å². The Bertz CT molecular complexity index is 1080. The van der Waals surface area contributed by atoms with Crippen LogP contribution in [0.5, 0.6) is 0 Å². The van der Waals surface area contributed by atoms with E-state index in [0.29, 0.717) is 24.1 Å². The van der Waals surface area contributed by atoms with Crippen molar-refractivity contribution in [3.8, 4) is 0 Å². The molecule has 1 unspecified atom stereocenters. The molecule has 1 aromatic carbocycles. The minimum absolute atomic E-state index is 0.0184. The van der Waals surface area contributed by atoms with Gasteiger partial charge < -0.3 is 10.5 Å². The van der Waals surface area contributed by atoms with Crippen LogP contribution in [0.2, 0.25) is 0 Å². The number of aromatic nitrogens is 1. The molecule has 0 saturated carbocycles. The van der Waals surface area contributed by atoms with Gasteiger partial charge in [0.15, 0.2) is 0 Å². The monoisotopic (exact) mass is 429 g/mol. The van der Waals surface area contributed by atoms with Crippen LogP contribution in [0.15, 0.2) is 48.6 Å². The molecule has 0 aliphatic carbocycles. The Balaban J connectivity index is 1.99. The van der Waals surface area contributed by atoms with Crippen LogP contribution in [-0.2, 0) is 45.4 Å². The molecule has 160 valence electrons. The highest BCUT2D eigenvalue weighted by Crippen LogP contribution is 2.20. The number of anilines is 1. The number of hydrogen-bond donors (Lipinski definition) is 1. The van der Waals surface area contributed by atoms with Crippen molar-refractivity contribution < 1.29 is 17.9 Å². The molecule has 1 atom stereocenters. The summed E-state index contributed by atoms with van der Waals surface area (Å²) in [6, 6.07) is 11.4. The van der Waals surface area contributed by atoms with E-state index in [9.17, 15) is 13.2 Å². The summed E-state index contributed by atoms with van der Waals surface area (Å²) in [5.74, 6) is -0.238. The topological polar surface area (TPSA) is 103 Å². The van der Waals surface area contributed by atoms with E-state index in [1.165, 1.54) is 7.05 Å². The van der Waals surface area contributed by atoms with E-state index in [-0.39, 0.29) is 12.4 Å². The summed E-state index contributed by atoms with van der Waals surface area (Å²) < 4.78 is 30.5. The van der Waals surface area contributed by atoms with Crippen molar-refractivity contribution in [3.63, 3.8) is 0 Å². The second-order valence-electron chi connectivity index (χ2n) is 7.93. The standard InChI is InChI=1S/C22H27N3O4S/c1-22(23)14-17-9-6-8-16(11-17)7-4-5-10-19-12-18(15-29-21(22)26)13-20(24-19)25(2)30(3,27)28/h4-6,8-9,11-13H,7,10,14-15,23H2,1-3H3/b5-4-. The zero-order chi connectivity index (χ0) is 21.9. The molecule has 0 fully saturated rings. The lowest BCUT2D eigenvalue weighted by Gasteiger charge is -2.23. The number of cyclic esters (lactones) is 1. The maximum atomic E-state index is 12.7. The van der Waals surface area contributed by atoms with Crippen LogP contribution in [-0.4, -0.2) is 38.2 Å². The fourth-order valence-electron chi connectivity index (χ4n) is 3.25. The summed E-state index contributed by atoms with van der Waals surface area (Å²) in [5, 5.41) is 0. The predicted octanol–water partition coefficient (Wildman–Crippen LogP) is 2.14. The van der Waals surface area contributed by atoms with E-state index in [1.807, 2.05) is 36.4 Å². The normalized spacial score (nSPS) is 21.1. The molecule has 0 spiro atoms. The molecule has 4 bridgehead atoms. The van der Waals surface area contributed by atoms with Gasteiger partial charge in [0.05, 0.1) is 6.26 Å². The molecule has 1 aliphatic rings. The van der Waals surface area contributed by atoms with Gasteiger partial charge in [-0.1, -0.05) is 36.4 Å². The highest BCUT2D eigenvalue weighted by Gasteiger charge is 2.30. The summed E-state index contributed by atoms with van der Waals surface area (Å²) >= 11 is 0. The minimum atomic E-state index is -3.47. The third-order valence-corrected chi connectivity index (χ3v) is 6.17. The quantitative estimate of drug-likeness (QED) is 0.580. The average molecular weight is 430 g/mol. The number of nitrogens with zero attached hydrogens (tertiary/aromatic N) is 2. The summed E-state index contributed by atoms with van der Waals surface area (Å²) in [6.07, 6.45) is 6.78. The molecule has 2 heterocycles. The number of rotatable bonds is 2. The maximum Gasteiger partial charge on any atom is 0.326 e. The van der Waals surface area contributed by atoms with Crippen molar-refractivity contribution in [2.45, 2.75) is 38.3 Å². The summed E-state index contributed by atoms with van der Waals surface area (Å²) in [6.45, 7) is 1.64. The number of pyridine rings is 1. The van der Waals surface area contributed by atoms with Gasteiger partial charge in [-0.25, -0.2) is 13.4 Å². The number of benzene rings is 1. The van der Waals surface area contributed by atoms with Gasteiger partial charge >= 0.3 is 5.97 Å². The number of allylic oxidation sites excluding steroid dienone is 2. The number of nitrogens with two attached hydrogens (primary N) is 1. The van der Waals surface area contributed by atoms with Crippen molar-refractivity contribution in [3.05, 3.63) is 70.9 Å². The van der Waals surface area contributed by atoms with E-state index in [4.69, 9.17) is 10.5 Å². The fourth-order valence-corrected chi connectivity index (χ4v) is 3.69. The predicted molar refractivity (Wildman–Crippen MR) is 117 cm³/mol. The Morgan fingerprint density at radius 1 is 1.10 bits per heavy atom. The largest absolute Gasteiger partial charge is 0.459 e. The molecular weight excluding hydrogens is 402 g/mol. The summed E-state index contributed by atoms with van der Waals surface area (Å²) in [5.41, 5.74) is 8.50. The first kappa shape index (κ1) is 22.0. The molecule has 0 radical (unpaired) electrons. The molecule has 2 N–H and O–H groups in total. The maximum absolute atomic E-state index is 12.7. The van der Waals surface area contributed by atoms with E-state index < -0.39 is 21.5 Å². The zero-order valence-corrected chi connectivity index (χ0v) is 18.3. The van der Waals surface area contributed by atoms with E-state index in [0.717, 1.165) is 28.1 Å². The first-order valence-corrected chi connectivity index (χ1v) is 11.5. The molecule has 1 aliphatic heterocycles. The van der Waals surface area contributed by atoms with Gasteiger partial charge in [-0.2, -0.15) is 0 Å². The highest BCUT2D eigenvalue weighted by atomic mass is 32.2. The SMILES string of the molecule is CN(c1cc2cc(n1)C/C=C\Cc1cccc(c1)CC(C)(N)C(=O)OC2)S(C)(=O)=O. The van der Waals surface area contributed by atoms with Crippen molar-refractivity contribution in [1.82, 2.24) is 4.98 Å². The molecule has 7 nitrogen and oxygen atoms in total. The van der Waals surface area contributed by atoms with E-state index in [1.54, 1.807) is 13.0 Å². The Morgan fingerprint density at radius 3 is 2.53 bits per heavy atom. The van der Waals surface area contributed by atoms with Crippen LogP contribution in [0.1, 0.15) is 29.3 Å². The van der Waals surface area contributed by atoms with Gasteiger partial charge in [0, 0.05) is 25.6 Å². The second kappa shape index (κ2) is 8.57. The van der Waals surface area contributed by atoms with Gasteiger partial charge in [-0.15, -0.1) is 0 Å². The van der Waals surface area contributed by atoms with Crippen LogP contribution in [0.3, 0.4) is 0 Å². The molecule has 30 heavy (non-hydrogen) atoms. The van der Waals surface area contributed by atoms with Crippen LogP contribution >= 0.6 is 0 Å². The van der Waals surface area contributed by atoms with Gasteiger partial charge in [0.1, 0.15) is 18.0 Å². The molecule has 2 aromatic rings. The number of sulfonamides is 1. The van der Waals surface area contributed by atoms with Crippen LogP contribution in [0.4, 0.5) is 5.82 Å². The van der Waals surface area contributed by atoms with Gasteiger partial charge in [0.2, 0.25) is 10.0 Å². The highest BCUT2D eigenvalue weighted by molar-refractivity contribution is 7.92. The van der Waals surface area contributed by atoms with Crippen molar-refractivity contribution in [2.75, 3.05) is 17.6 Å². The van der Waals surface area contributed by atoms with Crippen LogP contribution < -0.4 is 10.0 Å². The molecule has 0 saturated heterocycles. The number of hydrogen-bond acceptors (Lipinski definition) is 6. The molecule has 0 amide bonds. The number of esters is 1. The van der Waals surface area contributed by atoms with Crippen LogP contribution in [0.25, 0.3) is 0 Å². The Kier molecular flexibility index (Phi) is 6.28. The van der Waals surface area contributed by atoms with Crippen molar-refractivity contribution in [2.24, 2.45) is 5.73 Å². The molecule has 1 aromatic heterocycles. The van der Waals surface area contributed by atoms with E-state index in [2.05, 4.69) is 11.1 Å². The molecule has 8 heteroatoms. The van der Waals surface area contributed by atoms with Gasteiger partial charge in [-0.05, 0) is 42.2 Å². The van der Waals surface area contributed by atoms with E-state index >= 15 is 0 Å². The Labute approximate surface area is 177 Å². The molecular formula is C22H27N3O4S. The minimum Gasteiger partial charge on any atom is -0.459 e. The number of fused-ring (bicyclic) bond motifs is 4. The average Bonchev–Trinajstić information content (AvgIpc) is 2.67.